The highest BCUT2D eigenvalue weighted by Crippen LogP contribution is 2.25. The molecule has 0 unspecified atom stereocenters. The van der Waals surface area contributed by atoms with Gasteiger partial charge in [0.25, 0.3) is 5.91 Å². The molecular formula is C13H11F2N3O2. The van der Waals surface area contributed by atoms with Gasteiger partial charge in [0, 0.05) is 5.56 Å². The van der Waals surface area contributed by atoms with Gasteiger partial charge in [0.05, 0.1) is 30.3 Å². The van der Waals surface area contributed by atoms with Gasteiger partial charge in [0.1, 0.15) is 0 Å². The predicted molar refractivity (Wildman–Crippen MR) is 67.1 cm³/mol. The summed E-state index contributed by atoms with van der Waals surface area (Å²) in [7, 11) is 0. The zero-order valence-corrected chi connectivity index (χ0v) is 10.6. The van der Waals surface area contributed by atoms with Crippen molar-refractivity contribution < 1.29 is 18.3 Å². The molecule has 1 heterocycles. The van der Waals surface area contributed by atoms with Crippen LogP contribution in [0.4, 0.5) is 8.78 Å². The number of rotatable bonds is 4. The van der Waals surface area contributed by atoms with Gasteiger partial charge in [-0.3, -0.25) is 9.78 Å². The number of nitrogens with two attached hydrogens (primary N) is 1. The minimum absolute atomic E-state index is 0.100. The van der Waals surface area contributed by atoms with Crippen LogP contribution < -0.4 is 10.5 Å². The zero-order chi connectivity index (χ0) is 14.7. The molecule has 0 aliphatic carbocycles. The van der Waals surface area contributed by atoms with E-state index >= 15 is 0 Å². The second kappa shape index (κ2) is 5.60. The van der Waals surface area contributed by atoms with Gasteiger partial charge in [0.15, 0.2) is 11.6 Å². The maximum atomic E-state index is 13.9. The van der Waals surface area contributed by atoms with Gasteiger partial charge in [-0.25, -0.2) is 13.8 Å². The lowest BCUT2D eigenvalue weighted by Gasteiger charge is -2.07. The van der Waals surface area contributed by atoms with E-state index in [2.05, 4.69) is 9.97 Å². The van der Waals surface area contributed by atoms with Gasteiger partial charge in [0.2, 0.25) is 5.88 Å². The Balaban J connectivity index is 2.51. The number of carbonyl (C=O) groups excluding carboxylic acids is 1. The molecular weight excluding hydrogens is 268 g/mol. The number of halogens is 2. The molecule has 0 saturated heterocycles. The maximum absolute atomic E-state index is 13.9. The van der Waals surface area contributed by atoms with Gasteiger partial charge in [-0.05, 0) is 19.1 Å². The first-order valence-corrected chi connectivity index (χ1v) is 5.77. The van der Waals surface area contributed by atoms with Crippen molar-refractivity contribution >= 4 is 5.91 Å². The summed E-state index contributed by atoms with van der Waals surface area (Å²) in [5.74, 6) is -3.35. The van der Waals surface area contributed by atoms with Crippen LogP contribution in [0.1, 0.15) is 17.3 Å². The summed E-state index contributed by atoms with van der Waals surface area (Å²) in [6.07, 6.45) is 2.63. The summed E-state index contributed by atoms with van der Waals surface area (Å²) in [6, 6.07) is 2.32. The molecule has 7 heteroatoms. The lowest BCUT2D eigenvalue weighted by Crippen LogP contribution is -2.14. The first kappa shape index (κ1) is 13.9. The van der Waals surface area contributed by atoms with E-state index in [9.17, 15) is 13.6 Å². The molecule has 0 radical (unpaired) electrons. The molecule has 0 spiro atoms. The molecule has 0 aliphatic rings. The van der Waals surface area contributed by atoms with Crippen molar-refractivity contribution in [1.29, 1.82) is 0 Å². The highest BCUT2D eigenvalue weighted by Gasteiger charge is 2.18. The van der Waals surface area contributed by atoms with Crippen LogP contribution in [0, 0.1) is 11.6 Å². The second-order valence-electron chi connectivity index (χ2n) is 3.83. The van der Waals surface area contributed by atoms with E-state index in [4.69, 9.17) is 10.5 Å². The van der Waals surface area contributed by atoms with E-state index in [-0.39, 0.29) is 17.1 Å². The van der Waals surface area contributed by atoms with Crippen LogP contribution in [0.3, 0.4) is 0 Å². The van der Waals surface area contributed by atoms with Gasteiger partial charge < -0.3 is 10.5 Å². The summed E-state index contributed by atoms with van der Waals surface area (Å²) < 4.78 is 32.8. The van der Waals surface area contributed by atoms with E-state index in [0.717, 1.165) is 6.07 Å². The van der Waals surface area contributed by atoms with Crippen LogP contribution in [0.15, 0.2) is 24.5 Å². The molecule has 0 aliphatic heterocycles. The zero-order valence-electron chi connectivity index (χ0n) is 10.6. The number of benzene rings is 1. The summed E-state index contributed by atoms with van der Waals surface area (Å²) in [5, 5.41) is 0. The highest BCUT2D eigenvalue weighted by atomic mass is 19.2. The number of aromatic nitrogens is 2. The van der Waals surface area contributed by atoms with Crippen LogP contribution >= 0.6 is 0 Å². The SMILES string of the molecule is CCOc1cncc(-c2ccc(C(N)=O)c(F)c2F)n1. The molecule has 1 aromatic carbocycles. The van der Waals surface area contributed by atoms with E-state index in [1.54, 1.807) is 6.92 Å². The van der Waals surface area contributed by atoms with Crippen LogP contribution in [-0.2, 0) is 0 Å². The van der Waals surface area contributed by atoms with Crippen LogP contribution in [0.2, 0.25) is 0 Å². The fourth-order valence-electron chi connectivity index (χ4n) is 1.63. The summed E-state index contributed by atoms with van der Waals surface area (Å²) in [4.78, 5) is 18.8. The van der Waals surface area contributed by atoms with Gasteiger partial charge >= 0.3 is 0 Å². The minimum Gasteiger partial charge on any atom is -0.477 e. The number of carbonyl (C=O) groups is 1. The third-order valence-electron chi connectivity index (χ3n) is 2.53. The van der Waals surface area contributed by atoms with Crippen molar-refractivity contribution in [2.75, 3.05) is 6.61 Å². The molecule has 0 atom stereocenters. The third kappa shape index (κ3) is 2.56. The van der Waals surface area contributed by atoms with Crippen molar-refractivity contribution in [3.05, 3.63) is 41.7 Å². The molecule has 2 rings (SSSR count). The van der Waals surface area contributed by atoms with E-state index in [1.807, 2.05) is 0 Å². The molecule has 104 valence electrons. The molecule has 2 aromatic rings. The fraction of sp³-hybridized carbons (Fsp3) is 0.154. The smallest absolute Gasteiger partial charge is 0.251 e. The largest absolute Gasteiger partial charge is 0.477 e. The average Bonchev–Trinajstić information content (AvgIpc) is 2.42. The van der Waals surface area contributed by atoms with E-state index < -0.39 is 23.1 Å². The Morgan fingerprint density at radius 1 is 1.30 bits per heavy atom. The Labute approximate surface area is 113 Å². The standard InChI is InChI=1S/C13H11F2N3O2/c1-2-20-10-6-17-5-9(18-10)7-3-4-8(13(16)19)12(15)11(7)14/h3-6H,2H2,1H3,(H2,16,19). The van der Waals surface area contributed by atoms with Crippen molar-refractivity contribution in [3.63, 3.8) is 0 Å². The van der Waals surface area contributed by atoms with E-state index in [1.165, 1.54) is 18.5 Å². The Morgan fingerprint density at radius 2 is 2.05 bits per heavy atom. The first-order chi connectivity index (χ1) is 9.54. The number of ether oxygens (including phenoxy) is 1. The monoisotopic (exact) mass is 279 g/mol. The summed E-state index contributed by atoms with van der Waals surface area (Å²) in [6.45, 7) is 2.13. The van der Waals surface area contributed by atoms with Gasteiger partial charge in [-0.15, -0.1) is 0 Å². The Hall–Kier alpha value is -2.57. The molecule has 20 heavy (non-hydrogen) atoms. The van der Waals surface area contributed by atoms with Crippen LogP contribution in [0.25, 0.3) is 11.3 Å². The third-order valence-corrected chi connectivity index (χ3v) is 2.53. The van der Waals surface area contributed by atoms with Gasteiger partial charge in [-0.1, -0.05) is 0 Å². The Morgan fingerprint density at radius 3 is 2.70 bits per heavy atom. The van der Waals surface area contributed by atoms with Crippen molar-refractivity contribution in [2.45, 2.75) is 6.92 Å². The number of primary amides is 1. The summed E-state index contributed by atoms with van der Waals surface area (Å²) >= 11 is 0. The number of nitrogens with zero attached hydrogens (tertiary/aromatic N) is 2. The highest BCUT2D eigenvalue weighted by molar-refractivity contribution is 5.93. The van der Waals surface area contributed by atoms with Crippen LogP contribution in [-0.4, -0.2) is 22.5 Å². The predicted octanol–water partition coefficient (Wildman–Crippen LogP) is 1.92. The molecule has 2 N–H and O–H groups in total. The lowest BCUT2D eigenvalue weighted by atomic mass is 10.1. The molecule has 5 nitrogen and oxygen atoms in total. The molecule has 0 fully saturated rings. The topological polar surface area (TPSA) is 78.1 Å². The molecule has 1 amide bonds. The molecule has 0 bridgehead atoms. The Kier molecular flexibility index (Phi) is 3.88. The van der Waals surface area contributed by atoms with Crippen molar-refractivity contribution in [3.8, 4) is 17.1 Å². The average molecular weight is 279 g/mol. The van der Waals surface area contributed by atoms with Crippen LogP contribution in [0.5, 0.6) is 5.88 Å². The fourth-order valence-corrected chi connectivity index (χ4v) is 1.63. The lowest BCUT2D eigenvalue weighted by molar-refractivity contribution is 0.0995. The van der Waals surface area contributed by atoms with Crippen molar-refractivity contribution in [2.24, 2.45) is 5.73 Å². The Bertz CT molecular complexity index is 662. The number of hydrogen-bond donors (Lipinski definition) is 1. The second-order valence-corrected chi connectivity index (χ2v) is 3.83. The minimum atomic E-state index is -1.31. The summed E-state index contributed by atoms with van der Waals surface area (Å²) in [5.41, 5.74) is 4.41. The number of amides is 1. The molecule has 0 saturated carbocycles. The molecule has 1 aromatic heterocycles. The van der Waals surface area contributed by atoms with Crippen molar-refractivity contribution in [1.82, 2.24) is 9.97 Å². The van der Waals surface area contributed by atoms with E-state index in [0.29, 0.717) is 6.61 Å². The first-order valence-electron chi connectivity index (χ1n) is 5.77. The number of hydrogen-bond acceptors (Lipinski definition) is 4. The quantitative estimate of drug-likeness (QED) is 0.927. The van der Waals surface area contributed by atoms with Gasteiger partial charge in [-0.2, -0.15) is 0 Å². The maximum Gasteiger partial charge on any atom is 0.251 e. The normalized spacial score (nSPS) is 10.3.